The number of nitrogens with zero attached hydrogens (tertiary/aromatic N) is 2. The molecule has 0 atom stereocenters. The first-order valence-corrected chi connectivity index (χ1v) is 11.6. The summed E-state index contributed by atoms with van der Waals surface area (Å²) >= 11 is 1.57. The van der Waals surface area contributed by atoms with Crippen LogP contribution in [0.15, 0.2) is 88.7 Å². The second-order valence-electron chi connectivity index (χ2n) is 7.31. The molecule has 1 N–H and O–H groups in total. The highest BCUT2D eigenvalue weighted by atomic mass is 32.1. The predicted octanol–water partition coefficient (Wildman–Crippen LogP) is 7.19. The van der Waals surface area contributed by atoms with Crippen molar-refractivity contribution >= 4 is 29.0 Å². The Bertz CT molecular complexity index is 1100. The van der Waals surface area contributed by atoms with E-state index in [1.165, 1.54) is 11.6 Å². The summed E-state index contributed by atoms with van der Waals surface area (Å²) < 4.78 is 14.2. The fraction of sp³-hybridized carbons (Fsp3) is 0.222. The van der Waals surface area contributed by atoms with Crippen LogP contribution in [0.3, 0.4) is 0 Å². The normalized spacial score (nSPS) is 13.5. The fourth-order valence-corrected chi connectivity index (χ4v) is 3.70. The van der Waals surface area contributed by atoms with Crippen molar-refractivity contribution in [1.82, 2.24) is 10.3 Å². The van der Waals surface area contributed by atoms with Crippen molar-refractivity contribution in [2.45, 2.75) is 40.5 Å². The quantitative estimate of drug-likeness (QED) is 0.299. The van der Waals surface area contributed by atoms with Crippen LogP contribution in [0.25, 0.3) is 5.57 Å². The number of aryl methyl sites for hydroxylation is 1. The van der Waals surface area contributed by atoms with Crippen LogP contribution in [0.2, 0.25) is 0 Å². The summed E-state index contributed by atoms with van der Waals surface area (Å²) in [4.78, 5) is 21.4. The Morgan fingerprint density at radius 1 is 1.36 bits per heavy atom. The molecule has 0 aliphatic heterocycles. The van der Waals surface area contributed by atoms with Crippen LogP contribution in [0, 0.1) is 12.7 Å². The van der Waals surface area contributed by atoms with Gasteiger partial charge in [0.05, 0.1) is 17.5 Å². The molecule has 6 heteroatoms. The van der Waals surface area contributed by atoms with Crippen LogP contribution in [-0.4, -0.2) is 17.1 Å². The molecule has 1 aromatic carbocycles. The van der Waals surface area contributed by atoms with Crippen molar-refractivity contribution < 1.29 is 9.18 Å². The highest BCUT2D eigenvalue weighted by Gasteiger charge is 2.14. The Hall–Kier alpha value is -3.38. The van der Waals surface area contributed by atoms with Crippen LogP contribution >= 0.6 is 11.3 Å². The van der Waals surface area contributed by atoms with Gasteiger partial charge in [-0.3, -0.25) is 9.79 Å². The average molecular weight is 464 g/mol. The van der Waals surface area contributed by atoms with Crippen LogP contribution in [0.5, 0.6) is 0 Å². The van der Waals surface area contributed by atoms with Crippen LogP contribution in [-0.2, 0) is 0 Å². The Kier molecular flexibility index (Phi) is 10.4. The minimum absolute atomic E-state index is 0.0311. The van der Waals surface area contributed by atoms with Crippen LogP contribution in [0.1, 0.15) is 54.5 Å². The lowest BCUT2D eigenvalue weighted by Crippen LogP contribution is -2.24. The van der Waals surface area contributed by atoms with E-state index < -0.39 is 11.7 Å². The first-order chi connectivity index (χ1) is 15.9. The third-order valence-corrected chi connectivity index (χ3v) is 5.84. The SMILES string of the molecule is C=C/C(=C\CC(/C=N\C=C(/C=C\C)NC(=O)c1c(C)cccc1F)=C(\C)CC)c1nccs1. The summed E-state index contributed by atoms with van der Waals surface area (Å²) in [5.74, 6) is -1.06. The topological polar surface area (TPSA) is 54.4 Å². The highest BCUT2D eigenvalue weighted by molar-refractivity contribution is 7.10. The maximum atomic E-state index is 14.2. The molecule has 2 rings (SSSR count). The Labute approximate surface area is 199 Å². The molecular formula is C27H30FN3OS. The maximum absolute atomic E-state index is 14.2. The second-order valence-corrected chi connectivity index (χ2v) is 8.21. The molecule has 0 saturated heterocycles. The Morgan fingerprint density at radius 3 is 2.76 bits per heavy atom. The number of rotatable bonds is 10. The van der Waals surface area contributed by atoms with Gasteiger partial charge >= 0.3 is 0 Å². The molecule has 1 heterocycles. The standard InChI is InChI=1S/C27H30FN3OS/c1-6-10-23(31-26(32)25-20(5)11-9-12-24(25)28)18-29-17-22(19(4)7-2)14-13-21(8-3)27-30-15-16-33-27/h6,8-13,15-18H,3,7,14H2,1-2,4-5H3,(H,31,32)/b10-6-,21-13+,22-19-,23-18+,29-17-. The van der Waals surface area contributed by atoms with E-state index in [-0.39, 0.29) is 5.56 Å². The third kappa shape index (κ3) is 7.61. The number of hydrogen-bond donors (Lipinski definition) is 1. The number of carbonyl (C=O) groups excluding carboxylic acids is 1. The van der Waals surface area contributed by atoms with Crippen molar-refractivity contribution in [3.8, 4) is 0 Å². The number of allylic oxidation sites excluding steroid dienone is 7. The number of nitrogens with one attached hydrogen (secondary N) is 1. The first-order valence-electron chi connectivity index (χ1n) is 10.7. The lowest BCUT2D eigenvalue weighted by Gasteiger charge is -2.09. The molecule has 0 unspecified atom stereocenters. The van der Waals surface area contributed by atoms with Crippen molar-refractivity contribution in [2.75, 3.05) is 0 Å². The monoisotopic (exact) mass is 463 g/mol. The number of thiazole rings is 1. The largest absolute Gasteiger partial charge is 0.321 e. The third-order valence-electron chi connectivity index (χ3n) is 5.02. The van der Waals surface area contributed by atoms with Crippen molar-refractivity contribution in [2.24, 2.45) is 4.99 Å². The molecule has 1 amide bonds. The summed E-state index contributed by atoms with van der Waals surface area (Å²) in [6.07, 6.45) is 14.1. The van der Waals surface area contributed by atoms with Gasteiger partial charge in [0, 0.05) is 23.4 Å². The number of hydrogen-bond acceptors (Lipinski definition) is 4. The van der Waals surface area contributed by atoms with Crippen molar-refractivity contribution in [3.63, 3.8) is 0 Å². The van der Waals surface area contributed by atoms with Gasteiger partial charge in [-0.15, -0.1) is 11.3 Å². The minimum atomic E-state index is -0.551. The maximum Gasteiger partial charge on any atom is 0.258 e. The molecule has 0 bridgehead atoms. The molecule has 0 fully saturated rings. The van der Waals surface area contributed by atoms with E-state index in [1.54, 1.807) is 67.2 Å². The molecular weight excluding hydrogens is 433 g/mol. The first kappa shape index (κ1) is 25.9. The molecule has 0 spiro atoms. The van der Waals surface area contributed by atoms with Crippen LogP contribution in [0.4, 0.5) is 4.39 Å². The van der Waals surface area contributed by atoms with E-state index in [1.807, 2.05) is 12.3 Å². The predicted molar refractivity (Wildman–Crippen MR) is 138 cm³/mol. The van der Waals surface area contributed by atoms with Gasteiger partial charge in [-0.05, 0) is 56.9 Å². The van der Waals surface area contributed by atoms with Gasteiger partial charge in [-0.1, -0.05) is 49.4 Å². The number of carbonyl (C=O) groups is 1. The van der Waals surface area contributed by atoms with Gasteiger partial charge in [0.2, 0.25) is 0 Å². The molecule has 1 aromatic heterocycles. The summed E-state index contributed by atoms with van der Waals surface area (Å²) in [6, 6.07) is 4.57. The second kappa shape index (κ2) is 13.2. The lowest BCUT2D eigenvalue weighted by atomic mass is 10.0. The molecule has 0 aliphatic rings. The van der Waals surface area contributed by atoms with E-state index in [2.05, 4.69) is 41.8 Å². The summed E-state index contributed by atoms with van der Waals surface area (Å²) in [5.41, 5.74) is 4.34. The number of aromatic nitrogens is 1. The molecule has 33 heavy (non-hydrogen) atoms. The number of amides is 1. The Balaban J connectivity index is 2.24. The van der Waals surface area contributed by atoms with Gasteiger partial charge in [0.1, 0.15) is 10.8 Å². The fourth-order valence-electron chi connectivity index (χ4n) is 3.03. The zero-order chi connectivity index (χ0) is 24.2. The molecule has 172 valence electrons. The van der Waals surface area contributed by atoms with Gasteiger partial charge in [0.25, 0.3) is 5.91 Å². The number of aliphatic imine (C=N–C) groups is 1. The molecule has 0 radical (unpaired) electrons. The zero-order valence-corrected chi connectivity index (χ0v) is 20.4. The molecule has 2 aromatic rings. The minimum Gasteiger partial charge on any atom is -0.321 e. The van der Waals surface area contributed by atoms with Crippen LogP contribution < -0.4 is 5.32 Å². The van der Waals surface area contributed by atoms with E-state index >= 15 is 0 Å². The van der Waals surface area contributed by atoms with Gasteiger partial charge in [0.15, 0.2) is 0 Å². The Morgan fingerprint density at radius 2 is 2.15 bits per heavy atom. The average Bonchev–Trinajstić information content (AvgIpc) is 3.32. The van der Waals surface area contributed by atoms with E-state index in [0.29, 0.717) is 17.7 Å². The summed E-state index contributed by atoms with van der Waals surface area (Å²) in [5, 5.41) is 5.61. The zero-order valence-electron chi connectivity index (χ0n) is 19.6. The lowest BCUT2D eigenvalue weighted by molar-refractivity contribution is 0.0962. The number of benzene rings is 1. The van der Waals surface area contributed by atoms with Crippen molar-refractivity contribution in [1.29, 1.82) is 0 Å². The van der Waals surface area contributed by atoms with E-state index in [0.717, 1.165) is 22.6 Å². The van der Waals surface area contributed by atoms with Crippen molar-refractivity contribution in [3.05, 3.63) is 106 Å². The van der Waals surface area contributed by atoms with E-state index in [9.17, 15) is 9.18 Å². The molecule has 0 aliphatic carbocycles. The van der Waals surface area contributed by atoms with Gasteiger partial charge < -0.3 is 5.32 Å². The summed E-state index contributed by atoms with van der Waals surface area (Å²) in [6.45, 7) is 11.6. The smallest absolute Gasteiger partial charge is 0.258 e. The highest BCUT2D eigenvalue weighted by Crippen LogP contribution is 2.21. The molecule has 0 saturated carbocycles. The van der Waals surface area contributed by atoms with Gasteiger partial charge in [-0.25, -0.2) is 9.37 Å². The number of halogens is 1. The van der Waals surface area contributed by atoms with Gasteiger partial charge in [-0.2, -0.15) is 0 Å². The van der Waals surface area contributed by atoms with E-state index in [4.69, 9.17) is 0 Å². The molecule has 4 nitrogen and oxygen atoms in total. The summed E-state index contributed by atoms with van der Waals surface area (Å²) in [7, 11) is 0.